The molecule has 314 valence electrons. The van der Waals surface area contributed by atoms with Crippen molar-refractivity contribution in [2.24, 2.45) is 23.7 Å². The molecule has 4 unspecified atom stereocenters. The number of hydrogen-bond acceptors (Lipinski definition) is 10. The Morgan fingerprint density at radius 2 is 1.06 bits per heavy atom. The summed E-state index contributed by atoms with van der Waals surface area (Å²) in [5.74, 6) is 0.0531. The zero-order chi connectivity index (χ0) is 39.5. The van der Waals surface area contributed by atoms with Gasteiger partial charge in [0.05, 0.1) is 5.92 Å². The summed E-state index contributed by atoms with van der Waals surface area (Å²) in [4.78, 5) is 53.8. The molecule has 1 saturated carbocycles. The molecule has 0 heterocycles. The monoisotopic (exact) mass is 818 g/mol. The number of hydrogen-bond donors (Lipinski definition) is 3. The van der Waals surface area contributed by atoms with Crippen LogP contribution in [0.4, 0.5) is 13.2 Å². The predicted octanol–water partition coefficient (Wildman–Crippen LogP) is 6.56. The summed E-state index contributed by atoms with van der Waals surface area (Å²) >= 11 is 0. The fourth-order valence-electron chi connectivity index (χ4n) is 5.31. The molecule has 0 aliphatic heterocycles. The molecule has 18 heteroatoms. The van der Waals surface area contributed by atoms with E-state index in [2.05, 4.69) is 24.1 Å². The van der Waals surface area contributed by atoms with Gasteiger partial charge in [-0.15, -0.1) is 0 Å². The average molecular weight is 819 g/mol. The second-order valence-corrected chi connectivity index (χ2v) is 14.8. The maximum absolute atomic E-state index is 12.0. The van der Waals surface area contributed by atoms with E-state index in [0.717, 1.165) is 51.4 Å². The number of alkyl halides is 3. The molecule has 0 aromatic carbocycles. The number of allylic oxidation sites excluding steroid dienone is 6. The Balaban J connectivity index is -0.000000300. The molecule has 0 aromatic heterocycles. The zero-order valence-corrected chi connectivity index (χ0v) is 33.9. The standard InChI is InChI=1S/C9H11F3O4S.C9H14O.2C8H12O2.CH5BO2.CH4.H2O.H3P/c1-6(13)7-2-4-8(5-3-7)16-17(14,15)9(10,11)12;1-7-3-5-9(6-4-7)8(2)10;1-6(9)7-2-4-8(10)5-3-7;1-6-2-4-7(5-3-6)8(9)10;1-2(3)4;;;/h4,7H,2-3,5H2,1H3;3,9H,4-6H2,1-2H3;7H,2-5H2,1H3;2,7H,3-5H2,1H3,(H,9,10);3-4H,1H3;1H4;1H2;1H3. The van der Waals surface area contributed by atoms with Gasteiger partial charge in [-0.1, -0.05) is 30.7 Å². The van der Waals surface area contributed by atoms with Crippen molar-refractivity contribution in [3.8, 4) is 0 Å². The van der Waals surface area contributed by atoms with Gasteiger partial charge >= 0.3 is 28.7 Å². The molecule has 4 aliphatic carbocycles. The van der Waals surface area contributed by atoms with Crippen LogP contribution in [0.3, 0.4) is 0 Å². The molecule has 0 amide bonds. The minimum absolute atomic E-state index is 0. The molecule has 12 nitrogen and oxygen atoms in total. The third-order valence-corrected chi connectivity index (χ3v) is 9.76. The number of Topliss-reactive ketones (excluding diaryl/α,β-unsaturated/α-hetero) is 4. The van der Waals surface area contributed by atoms with E-state index in [1.807, 2.05) is 6.08 Å². The Bertz CT molecular complexity index is 1340. The summed E-state index contributed by atoms with van der Waals surface area (Å²) in [5, 5.41) is 23.8. The van der Waals surface area contributed by atoms with Gasteiger partial charge in [0.2, 0.25) is 0 Å². The van der Waals surface area contributed by atoms with E-state index < -0.39 is 28.7 Å². The smallest absolute Gasteiger partial charge is 0.481 e. The first-order chi connectivity index (χ1) is 23.5. The molecule has 54 heavy (non-hydrogen) atoms. The molecule has 4 atom stereocenters. The van der Waals surface area contributed by atoms with Crippen LogP contribution in [0.1, 0.15) is 126 Å². The van der Waals surface area contributed by atoms with Gasteiger partial charge in [0.25, 0.3) is 0 Å². The molecule has 0 saturated heterocycles. The molecule has 0 aromatic rings. The van der Waals surface area contributed by atoms with Crippen LogP contribution in [0.15, 0.2) is 35.1 Å². The van der Waals surface area contributed by atoms with E-state index in [-0.39, 0.29) is 70.7 Å². The van der Waals surface area contributed by atoms with Crippen LogP contribution >= 0.6 is 9.90 Å². The fraction of sp³-hybridized carbons (Fsp3) is 0.694. The van der Waals surface area contributed by atoms with Crippen molar-refractivity contribution in [2.75, 3.05) is 0 Å². The summed E-state index contributed by atoms with van der Waals surface area (Å²) in [7, 11) is -6.75. The van der Waals surface area contributed by atoms with Gasteiger partial charge in [-0.05, 0) is 112 Å². The van der Waals surface area contributed by atoms with E-state index in [4.69, 9.17) is 15.2 Å². The number of carbonyl (C=O) groups excluding carboxylic acids is 4. The highest BCUT2D eigenvalue weighted by Crippen LogP contribution is 2.31. The highest BCUT2D eigenvalue weighted by atomic mass is 32.2. The van der Waals surface area contributed by atoms with Crippen molar-refractivity contribution in [1.29, 1.82) is 0 Å². The number of halogens is 3. The van der Waals surface area contributed by atoms with Crippen LogP contribution < -0.4 is 0 Å². The summed E-state index contributed by atoms with van der Waals surface area (Å²) < 4.78 is 61.3. The largest absolute Gasteiger partial charge is 0.534 e. The number of carbonyl (C=O) groups is 5. The minimum atomic E-state index is -5.59. The molecular formula is C36H63BF3O12PS. The number of aliphatic carboxylic acids is 1. The minimum Gasteiger partial charge on any atom is -0.481 e. The van der Waals surface area contributed by atoms with E-state index in [1.165, 1.54) is 31.0 Å². The Kier molecular flexibility index (Phi) is 30.8. The van der Waals surface area contributed by atoms with Crippen LogP contribution in [0.2, 0.25) is 6.82 Å². The number of carboxylic acids is 1. The maximum Gasteiger partial charge on any atom is 0.534 e. The lowest BCUT2D eigenvalue weighted by atomic mass is 9.86. The molecule has 4 aliphatic rings. The van der Waals surface area contributed by atoms with Gasteiger partial charge in [-0.25, -0.2) is 0 Å². The number of rotatable bonds is 6. The first kappa shape index (κ1) is 58.0. The van der Waals surface area contributed by atoms with Crippen LogP contribution in [-0.2, 0) is 38.3 Å². The van der Waals surface area contributed by atoms with Crippen molar-refractivity contribution in [2.45, 2.75) is 138 Å². The van der Waals surface area contributed by atoms with E-state index in [9.17, 15) is 45.6 Å². The first-order valence-corrected chi connectivity index (χ1v) is 18.5. The molecule has 1 fully saturated rings. The lowest BCUT2D eigenvalue weighted by Gasteiger charge is -2.19. The van der Waals surface area contributed by atoms with Gasteiger partial charge in [-0.3, -0.25) is 24.0 Å². The number of carboxylic acid groups (broad SMARTS) is 1. The second-order valence-electron chi connectivity index (χ2n) is 13.3. The Hall–Kier alpha value is -2.72. The topological polar surface area (TPSA) is 221 Å². The van der Waals surface area contributed by atoms with Gasteiger partial charge in [0.1, 0.15) is 28.9 Å². The highest BCUT2D eigenvalue weighted by molar-refractivity contribution is 7.87. The summed E-state index contributed by atoms with van der Waals surface area (Å²) in [6.45, 7) is 10.2. The van der Waals surface area contributed by atoms with Crippen molar-refractivity contribution in [3.05, 3.63) is 35.1 Å². The summed E-state index contributed by atoms with van der Waals surface area (Å²) in [5.41, 5.74) is -2.65. The van der Waals surface area contributed by atoms with Crippen molar-refractivity contribution < 1.29 is 70.4 Å². The molecule has 0 radical (unpaired) electrons. The zero-order valence-electron chi connectivity index (χ0n) is 31.7. The second kappa shape index (κ2) is 28.7. The average Bonchev–Trinajstić information content (AvgIpc) is 3.02. The van der Waals surface area contributed by atoms with Crippen molar-refractivity contribution in [3.63, 3.8) is 0 Å². The van der Waals surface area contributed by atoms with Crippen LogP contribution in [-0.4, -0.2) is 70.8 Å². The van der Waals surface area contributed by atoms with Gasteiger partial charge in [-0.2, -0.15) is 31.5 Å². The summed E-state index contributed by atoms with van der Waals surface area (Å²) in [6, 6.07) is 0. The van der Waals surface area contributed by atoms with E-state index in [1.54, 1.807) is 13.8 Å². The SMILES string of the molecule is C.CB(O)O.CC(=O)C1CC=C(C)CC1.CC(=O)C1CC=C(OS(=O)(=O)C(F)(F)F)CC1.CC(=O)C1CCC(=O)CC1.CC1=CCC(C(=O)O)CC1.O.P. The summed E-state index contributed by atoms with van der Waals surface area (Å²) in [6.07, 6.45) is 14.4. The highest BCUT2D eigenvalue weighted by Gasteiger charge is 2.49. The molecule has 0 spiro atoms. The van der Waals surface area contributed by atoms with E-state index in [0.29, 0.717) is 36.7 Å². The van der Waals surface area contributed by atoms with Gasteiger partial charge < -0.3 is 24.8 Å². The maximum atomic E-state index is 12.0. The third kappa shape index (κ3) is 25.4. The van der Waals surface area contributed by atoms with Crippen LogP contribution in [0.5, 0.6) is 0 Å². The van der Waals surface area contributed by atoms with Gasteiger partial charge in [0.15, 0.2) is 0 Å². The predicted molar refractivity (Wildman–Crippen MR) is 208 cm³/mol. The molecule has 4 rings (SSSR count). The van der Waals surface area contributed by atoms with Crippen molar-refractivity contribution in [1.82, 2.24) is 0 Å². The number of ketones is 4. The Morgan fingerprint density at radius 1 is 0.722 bits per heavy atom. The molecular weight excluding hydrogens is 755 g/mol. The third-order valence-electron chi connectivity index (χ3n) is 8.76. The van der Waals surface area contributed by atoms with Crippen molar-refractivity contribution >= 4 is 56.2 Å². The molecule has 0 bridgehead atoms. The Labute approximate surface area is 322 Å². The first-order valence-electron chi connectivity index (χ1n) is 17.1. The normalized spacial score (nSPS) is 20.8. The van der Waals surface area contributed by atoms with Crippen LogP contribution in [0.25, 0.3) is 0 Å². The lowest BCUT2D eigenvalue weighted by molar-refractivity contribution is -0.142. The molecule has 5 N–H and O–H groups in total. The Morgan fingerprint density at radius 3 is 1.33 bits per heavy atom. The fourth-order valence-corrected chi connectivity index (χ4v) is 5.84. The quantitative estimate of drug-likeness (QED) is 0.0857. The van der Waals surface area contributed by atoms with E-state index >= 15 is 0 Å². The van der Waals surface area contributed by atoms with Crippen LogP contribution in [0, 0.1) is 23.7 Å². The van der Waals surface area contributed by atoms with Gasteiger partial charge in [0, 0.05) is 37.0 Å². The lowest BCUT2D eigenvalue weighted by Crippen LogP contribution is -2.26.